The van der Waals surface area contributed by atoms with Crippen LogP contribution in [0.1, 0.15) is 49.2 Å². The molecule has 0 unspecified atom stereocenters. The molecule has 0 radical (unpaired) electrons. The molecule has 5 heteroatoms. The van der Waals surface area contributed by atoms with Crippen molar-refractivity contribution in [1.29, 1.82) is 0 Å². The minimum Gasteiger partial charge on any atom is -0.393 e. The van der Waals surface area contributed by atoms with Crippen molar-refractivity contribution < 1.29 is 9.63 Å². The first-order valence-corrected chi connectivity index (χ1v) is 6.05. The molecule has 1 aromatic rings. The average Bonchev–Trinajstić information content (AvgIpc) is 2.75. The second-order valence-electron chi connectivity index (χ2n) is 4.84. The minimum atomic E-state index is -0.167. The van der Waals surface area contributed by atoms with Gasteiger partial charge in [-0.2, -0.15) is 4.98 Å². The van der Waals surface area contributed by atoms with Crippen LogP contribution in [0.2, 0.25) is 0 Å². The summed E-state index contributed by atoms with van der Waals surface area (Å²) >= 11 is 0. The molecule has 2 heterocycles. The molecule has 1 saturated heterocycles. The largest absolute Gasteiger partial charge is 0.393 e. The summed E-state index contributed by atoms with van der Waals surface area (Å²) < 4.78 is 5.28. The van der Waals surface area contributed by atoms with E-state index in [-0.39, 0.29) is 12.0 Å². The monoisotopic (exact) mass is 223 g/mol. The summed E-state index contributed by atoms with van der Waals surface area (Å²) in [6.07, 6.45) is 3.56. The molecule has 0 spiro atoms. The molecule has 0 aromatic carbocycles. The van der Waals surface area contributed by atoms with Gasteiger partial charge in [-0.05, 0) is 38.8 Å². The normalized spacial score (nSPS) is 31.3. The number of rotatable bonds is 2. The first kappa shape index (κ1) is 10.2. The topological polar surface area (TPSA) is 71.2 Å². The summed E-state index contributed by atoms with van der Waals surface area (Å²) in [5.41, 5.74) is 0. The molecule has 0 amide bonds. The number of hydrogen-bond donors (Lipinski definition) is 2. The van der Waals surface area contributed by atoms with Gasteiger partial charge in [-0.1, -0.05) is 5.16 Å². The molecule has 1 saturated carbocycles. The van der Waals surface area contributed by atoms with Gasteiger partial charge in [-0.3, -0.25) is 0 Å². The van der Waals surface area contributed by atoms with Gasteiger partial charge in [-0.25, -0.2) is 0 Å². The summed E-state index contributed by atoms with van der Waals surface area (Å²) in [4.78, 5) is 4.47. The number of nitrogens with zero attached hydrogens (tertiary/aromatic N) is 2. The highest BCUT2D eigenvalue weighted by molar-refractivity contribution is 5.04. The Balaban J connectivity index is 1.67. The maximum absolute atomic E-state index is 9.24. The molecule has 16 heavy (non-hydrogen) atoms. The standard InChI is InChI=1S/C11H17N3O2/c15-9-5-8(6-9)11-13-10(14-16-11)7-1-3-12-4-2-7/h7-9,12,15H,1-6H2. The quantitative estimate of drug-likeness (QED) is 0.775. The van der Waals surface area contributed by atoms with Gasteiger partial charge in [0.1, 0.15) is 0 Å². The Labute approximate surface area is 94.2 Å². The number of aliphatic hydroxyl groups is 1. The van der Waals surface area contributed by atoms with Crippen LogP contribution in [-0.4, -0.2) is 34.4 Å². The van der Waals surface area contributed by atoms with Gasteiger partial charge in [0.25, 0.3) is 0 Å². The van der Waals surface area contributed by atoms with Crippen LogP contribution in [0, 0.1) is 0 Å². The molecule has 1 aliphatic carbocycles. The molecule has 2 aliphatic rings. The number of hydrogen-bond acceptors (Lipinski definition) is 5. The fraction of sp³-hybridized carbons (Fsp3) is 0.818. The number of aromatic nitrogens is 2. The second kappa shape index (κ2) is 4.14. The zero-order valence-electron chi connectivity index (χ0n) is 9.22. The van der Waals surface area contributed by atoms with E-state index >= 15 is 0 Å². The summed E-state index contributed by atoms with van der Waals surface area (Å²) in [7, 11) is 0. The fourth-order valence-corrected chi connectivity index (χ4v) is 2.45. The lowest BCUT2D eigenvalue weighted by atomic mass is 9.82. The first-order valence-electron chi connectivity index (χ1n) is 6.05. The molecule has 0 bridgehead atoms. The van der Waals surface area contributed by atoms with Crippen LogP contribution >= 0.6 is 0 Å². The van der Waals surface area contributed by atoms with E-state index in [0.717, 1.165) is 50.5 Å². The van der Waals surface area contributed by atoms with Gasteiger partial charge in [0.2, 0.25) is 5.89 Å². The van der Waals surface area contributed by atoms with Crippen LogP contribution in [0.15, 0.2) is 4.52 Å². The molecule has 88 valence electrons. The molecule has 1 aliphatic heterocycles. The summed E-state index contributed by atoms with van der Waals surface area (Å²) in [6, 6.07) is 0. The average molecular weight is 223 g/mol. The van der Waals surface area contributed by atoms with Gasteiger partial charge in [-0.15, -0.1) is 0 Å². The third kappa shape index (κ3) is 1.85. The van der Waals surface area contributed by atoms with Crippen LogP contribution in [0.5, 0.6) is 0 Å². The molecular weight excluding hydrogens is 206 g/mol. The van der Waals surface area contributed by atoms with Gasteiger partial charge in [0.15, 0.2) is 5.82 Å². The molecule has 2 N–H and O–H groups in total. The molecular formula is C11H17N3O2. The smallest absolute Gasteiger partial charge is 0.229 e. The van der Waals surface area contributed by atoms with Crippen molar-refractivity contribution in [2.45, 2.75) is 43.6 Å². The van der Waals surface area contributed by atoms with Crippen LogP contribution < -0.4 is 5.32 Å². The molecule has 1 aromatic heterocycles. The maximum atomic E-state index is 9.24. The van der Waals surface area contributed by atoms with E-state index in [2.05, 4.69) is 15.5 Å². The third-order valence-corrected chi connectivity index (χ3v) is 3.62. The summed E-state index contributed by atoms with van der Waals surface area (Å²) in [5, 5.41) is 16.6. The van der Waals surface area contributed by atoms with E-state index in [4.69, 9.17) is 4.52 Å². The Hall–Kier alpha value is -0.940. The highest BCUT2D eigenvalue weighted by atomic mass is 16.5. The lowest BCUT2D eigenvalue weighted by Gasteiger charge is -2.27. The van der Waals surface area contributed by atoms with Crippen molar-refractivity contribution in [3.63, 3.8) is 0 Å². The van der Waals surface area contributed by atoms with Gasteiger partial charge < -0.3 is 14.9 Å². The molecule has 3 rings (SSSR count). The highest BCUT2D eigenvalue weighted by Gasteiger charge is 2.33. The van der Waals surface area contributed by atoms with Gasteiger partial charge >= 0.3 is 0 Å². The number of nitrogens with one attached hydrogen (secondary N) is 1. The lowest BCUT2D eigenvalue weighted by Crippen LogP contribution is -2.28. The predicted octanol–water partition coefficient (Wildman–Crippen LogP) is 0.775. The van der Waals surface area contributed by atoms with Gasteiger partial charge in [0, 0.05) is 11.8 Å². The van der Waals surface area contributed by atoms with E-state index in [1.54, 1.807) is 0 Å². The zero-order chi connectivity index (χ0) is 11.0. The predicted molar refractivity (Wildman–Crippen MR) is 57.1 cm³/mol. The number of piperidine rings is 1. The summed E-state index contributed by atoms with van der Waals surface area (Å²) in [6.45, 7) is 2.08. The van der Waals surface area contributed by atoms with Crippen LogP contribution in [0.4, 0.5) is 0 Å². The number of aliphatic hydroxyl groups excluding tert-OH is 1. The van der Waals surface area contributed by atoms with Crippen molar-refractivity contribution in [3.8, 4) is 0 Å². The Morgan fingerprint density at radius 1 is 1.19 bits per heavy atom. The minimum absolute atomic E-state index is 0.167. The van der Waals surface area contributed by atoms with E-state index in [1.807, 2.05) is 0 Å². The molecule has 0 atom stereocenters. The fourth-order valence-electron chi connectivity index (χ4n) is 2.45. The van der Waals surface area contributed by atoms with Crippen molar-refractivity contribution in [3.05, 3.63) is 11.7 Å². The summed E-state index contributed by atoms with van der Waals surface area (Å²) in [5.74, 6) is 2.32. The molecule has 5 nitrogen and oxygen atoms in total. The van der Waals surface area contributed by atoms with E-state index < -0.39 is 0 Å². The highest BCUT2D eigenvalue weighted by Crippen LogP contribution is 2.36. The van der Waals surface area contributed by atoms with Gasteiger partial charge in [0.05, 0.1) is 6.10 Å². The Bertz CT molecular complexity index is 354. The second-order valence-corrected chi connectivity index (χ2v) is 4.84. The van der Waals surface area contributed by atoms with Crippen LogP contribution in [0.25, 0.3) is 0 Å². The van der Waals surface area contributed by atoms with Crippen LogP contribution in [0.3, 0.4) is 0 Å². The third-order valence-electron chi connectivity index (χ3n) is 3.62. The van der Waals surface area contributed by atoms with E-state index in [1.165, 1.54) is 0 Å². The SMILES string of the molecule is OC1CC(c2nc(C3CCNCC3)no2)C1. The molecule has 2 fully saturated rings. The van der Waals surface area contributed by atoms with E-state index in [9.17, 15) is 5.11 Å². The maximum Gasteiger partial charge on any atom is 0.229 e. The van der Waals surface area contributed by atoms with Crippen LogP contribution in [-0.2, 0) is 0 Å². The lowest BCUT2D eigenvalue weighted by molar-refractivity contribution is 0.0625. The van der Waals surface area contributed by atoms with E-state index in [0.29, 0.717) is 5.92 Å². The Morgan fingerprint density at radius 2 is 1.94 bits per heavy atom. The first-order chi connectivity index (χ1) is 7.83. The Kier molecular flexibility index (Phi) is 2.65. The van der Waals surface area contributed by atoms with Crippen molar-refractivity contribution >= 4 is 0 Å². The Morgan fingerprint density at radius 3 is 2.62 bits per heavy atom. The van der Waals surface area contributed by atoms with Crippen molar-refractivity contribution in [2.75, 3.05) is 13.1 Å². The van der Waals surface area contributed by atoms with Crippen molar-refractivity contribution in [2.24, 2.45) is 0 Å². The van der Waals surface area contributed by atoms with Crippen molar-refractivity contribution in [1.82, 2.24) is 15.5 Å². The zero-order valence-corrected chi connectivity index (χ0v) is 9.22.